The van der Waals surface area contributed by atoms with Gasteiger partial charge in [-0.2, -0.15) is 0 Å². The Kier molecular flexibility index (Phi) is 6.50. The highest BCUT2D eigenvalue weighted by molar-refractivity contribution is 5.92. The van der Waals surface area contributed by atoms with Crippen molar-refractivity contribution in [2.75, 3.05) is 25.5 Å². The molecule has 1 aliphatic rings. The summed E-state index contributed by atoms with van der Waals surface area (Å²) in [6.45, 7) is 4.06. The van der Waals surface area contributed by atoms with Crippen LogP contribution in [0.15, 0.2) is 53.5 Å². The van der Waals surface area contributed by atoms with Crippen molar-refractivity contribution in [3.63, 3.8) is 0 Å². The molecule has 0 unspecified atom stereocenters. The van der Waals surface area contributed by atoms with E-state index in [0.717, 1.165) is 23.5 Å². The van der Waals surface area contributed by atoms with Gasteiger partial charge >= 0.3 is 0 Å². The molecule has 3 N–H and O–H groups in total. The van der Waals surface area contributed by atoms with Gasteiger partial charge in [0.05, 0.1) is 13.7 Å². The Morgan fingerprint density at radius 1 is 1.00 bits per heavy atom. The average molecular weight is 352 g/mol. The average Bonchev–Trinajstić information content (AvgIpc) is 2.69. The van der Waals surface area contributed by atoms with Crippen LogP contribution < -0.4 is 15.8 Å². The summed E-state index contributed by atoms with van der Waals surface area (Å²) in [5.41, 5.74) is 9.40. The topological polar surface area (TPSA) is 62.9 Å². The fourth-order valence-corrected chi connectivity index (χ4v) is 3.16. The molecule has 0 aromatic heterocycles. The van der Waals surface area contributed by atoms with Crippen LogP contribution >= 0.6 is 0 Å². The Balaban J connectivity index is 1.50. The van der Waals surface area contributed by atoms with Gasteiger partial charge in [-0.1, -0.05) is 30.7 Å². The normalized spacial score (nSPS) is 15.7. The molecule has 0 spiro atoms. The molecule has 1 saturated heterocycles. The predicted molar refractivity (Wildman–Crippen MR) is 108 cm³/mol. The zero-order valence-electron chi connectivity index (χ0n) is 15.4. The molecule has 5 nitrogen and oxygen atoms in total. The highest BCUT2D eigenvalue weighted by atomic mass is 16.5. The minimum Gasteiger partial charge on any atom is -0.497 e. The lowest BCUT2D eigenvalue weighted by atomic mass is 10.1. The third-order valence-electron chi connectivity index (χ3n) is 4.67. The molecular weight excluding hydrogens is 324 g/mol. The number of nitrogens with zero attached hydrogens (tertiary/aromatic N) is 2. The molecule has 5 heteroatoms. The van der Waals surface area contributed by atoms with Crippen molar-refractivity contribution in [3.05, 3.63) is 59.7 Å². The van der Waals surface area contributed by atoms with Crippen molar-refractivity contribution in [2.45, 2.75) is 32.4 Å². The van der Waals surface area contributed by atoms with Gasteiger partial charge < -0.3 is 15.8 Å². The lowest BCUT2D eigenvalue weighted by Crippen LogP contribution is -2.29. The van der Waals surface area contributed by atoms with Crippen molar-refractivity contribution in [3.8, 4) is 5.75 Å². The maximum atomic E-state index is 5.98. The van der Waals surface area contributed by atoms with Gasteiger partial charge in [0, 0.05) is 12.2 Å². The van der Waals surface area contributed by atoms with Crippen LogP contribution in [0.4, 0.5) is 5.69 Å². The van der Waals surface area contributed by atoms with Crippen LogP contribution in [0, 0.1) is 0 Å². The van der Waals surface area contributed by atoms with E-state index in [9.17, 15) is 0 Å². The SMILES string of the molecule is COc1ccc(NC(N)=NCc2ccc(CN3CCCCC3)cc2)cc1. The molecule has 1 heterocycles. The van der Waals surface area contributed by atoms with Crippen LogP contribution in [0.5, 0.6) is 5.75 Å². The van der Waals surface area contributed by atoms with E-state index in [1.165, 1.54) is 37.9 Å². The zero-order valence-corrected chi connectivity index (χ0v) is 15.4. The Hall–Kier alpha value is -2.53. The van der Waals surface area contributed by atoms with Crippen molar-refractivity contribution >= 4 is 11.6 Å². The second-order valence-corrected chi connectivity index (χ2v) is 6.71. The first kappa shape index (κ1) is 18.3. The highest BCUT2D eigenvalue weighted by Gasteiger charge is 2.10. The zero-order chi connectivity index (χ0) is 18.2. The van der Waals surface area contributed by atoms with Gasteiger partial charge in [-0.3, -0.25) is 4.90 Å². The van der Waals surface area contributed by atoms with E-state index in [0.29, 0.717) is 12.5 Å². The number of ether oxygens (including phenoxy) is 1. The quantitative estimate of drug-likeness (QED) is 0.616. The first-order chi connectivity index (χ1) is 12.7. The summed E-state index contributed by atoms with van der Waals surface area (Å²) < 4.78 is 5.14. The number of methoxy groups -OCH3 is 1. The lowest BCUT2D eigenvalue weighted by Gasteiger charge is -2.26. The maximum absolute atomic E-state index is 5.98. The molecule has 0 bridgehead atoms. The van der Waals surface area contributed by atoms with Gasteiger partial charge in [0.1, 0.15) is 5.75 Å². The van der Waals surface area contributed by atoms with Gasteiger partial charge in [-0.05, 0) is 61.3 Å². The molecule has 2 aromatic carbocycles. The molecule has 0 radical (unpaired) electrons. The van der Waals surface area contributed by atoms with Gasteiger partial charge in [0.2, 0.25) is 0 Å². The van der Waals surface area contributed by atoms with E-state index in [-0.39, 0.29) is 0 Å². The Labute approximate surface area is 155 Å². The summed E-state index contributed by atoms with van der Waals surface area (Å²) in [4.78, 5) is 6.95. The number of nitrogens with two attached hydrogens (primary N) is 1. The monoisotopic (exact) mass is 352 g/mol. The molecule has 26 heavy (non-hydrogen) atoms. The van der Waals surface area contributed by atoms with Gasteiger partial charge in [-0.15, -0.1) is 0 Å². The van der Waals surface area contributed by atoms with Crippen molar-refractivity contribution < 1.29 is 4.74 Å². The summed E-state index contributed by atoms with van der Waals surface area (Å²) in [5, 5.41) is 3.09. The summed E-state index contributed by atoms with van der Waals surface area (Å²) in [5.74, 6) is 1.23. The minimum absolute atomic E-state index is 0.410. The van der Waals surface area contributed by atoms with Crippen molar-refractivity contribution in [2.24, 2.45) is 10.7 Å². The summed E-state index contributed by atoms with van der Waals surface area (Å²) in [6, 6.07) is 16.3. The molecule has 0 amide bonds. The molecule has 0 atom stereocenters. The van der Waals surface area contributed by atoms with Crippen LogP contribution in [-0.4, -0.2) is 31.1 Å². The smallest absolute Gasteiger partial charge is 0.193 e. The fourth-order valence-electron chi connectivity index (χ4n) is 3.16. The predicted octanol–water partition coefficient (Wildman–Crippen LogP) is 3.61. The maximum Gasteiger partial charge on any atom is 0.193 e. The number of aliphatic imine (C=N–C) groups is 1. The fraction of sp³-hybridized carbons (Fsp3) is 0.381. The summed E-state index contributed by atoms with van der Waals surface area (Å²) in [6.07, 6.45) is 4.03. The number of likely N-dealkylation sites (tertiary alicyclic amines) is 1. The van der Waals surface area contributed by atoms with E-state index in [1.54, 1.807) is 7.11 Å². The molecule has 138 valence electrons. The molecule has 0 saturated carbocycles. The molecule has 3 rings (SSSR count). The number of rotatable bonds is 6. The van der Waals surface area contributed by atoms with E-state index >= 15 is 0 Å². The Bertz CT molecular complexity index is 704. The first-order valence-corrected chi connectivity index (χ1v) is 9.24. The molecule has 2 aromatic rings. The second kappa shape index (κ2) is 9.25. The van der Waals surface area contributed by atoms with Crippen LogP contribution in [0.3, 0.4) is 0 Å². The van der Waals surface area contributed by atoms with E-state index in [2.05, 4.69) is 39.5 Å². The van der Waals surface area contributed by atoms with Gasteiger partial charge in [0.15, 0.2) is 5.96 Å². The third-order valence-corrected chi connectivity index (χ3v) is 4.67. The largest absolute Gasteiger partial charge is 0.497 e. The van der Waals surface area contributed by atoms with Crippen LogP contribution in [0.25, 0.3) is 0 Å². The Morgan fingerprint density at radius 2 is 1.65 bits per heavy atom. The van der Waals surface area contributed by atoms with Gasteiger partial charge in [-0.25, -0.2) is 4.99 Å². The van der Waals surface area contributed by atoms with Crippen LogP contribution in [-0.2, 0) is 13.1 Å². The molecule has 1 fully saturated rings. The van der Waals surface area contributed by atoms with E-state index in [4.69, 9.17) is 10.5 Å². The third kappa shape index (κ3) is 5.49. The van der Waals surface area contributed by atoms with Crippen molar-refractivity contribution in [1.29, 1.82) is 0 Å². The Morgan fingerprint density at radius 3 is 2.31 bits per heavy atom. The van der Waals surface area contributed by atoms with E-state index < -0.39 is 0 Å². The molecule has 0 aliphatic carbocycles. The van der Waals surface area contributed by atoms with Crippen LogP contribution in [0.2, 0.25) is 0 Å². The number of hydrogen-bond donors (Lipinski definition) is 2. The summed E-state index contributed by atoms with van der Waals surface area (Å²) in [7, 11) is 1.65. The number of guanidine groups is 1. The standard InChI is InChI=1S/C21H28N4O/c1-26-20-11-9-19(10-12-20)24-21(22)23-15-17-5-7-18(8-6-17)16-25-13-3-2-4-14-25/h5-12H,2-4,13-16H2,1H3,(H3,22,23,24). The highest BCUT2D eigenvalue weighted by Crippen LogP contribution is 2.15. The number of benzene rings is 2. The molecular formula is C21H28N4O. The van der Waals surface area contributed by atoms with Crippen LogP contribution in [0.1, 0.15) is 30.4 Å². The number of anilines is 1. The minimum atomic E-state index is 0.410. The first-order valence-electron chi connectivity index (χ1n) is 9.24. The van der Waals surface area contributed by atoms with Gasteiger partial charge in [0.25, 0.3) is 0 Å². The summed E-state index contributed by atoms with van der Waals surface area (Å²) >= 11 is 0. The van der Waals surface area contributed by atoms with Crippen molar-refractivity contribution in [1.82, 2.24) is 4.90 Å². The van der Waals surface area contributed by atoms with E-state index in [1.807, 2.05) is 24.3 Å². The second-order valence-electron chi connectivity index (χ2n) is 6.71. The number of nitrogens with one attached hydrogen (secondary N) is 1. The number of piperidine rings is 1. The molecule has 1 aliphatic heterocycles. The lowest BCUT2D eigenvalue weighted by molar-refractivity contribution is 0.221. The number of hydrogen-bond acceptors (Lipinski definition) is 3.